The maximum absolute atomic E-state index is 10.9. The van der Waals surface area contributed by atoms with Crippen molar-refractivity contribution in [3.8, 4) is 0 Å². The third-order valence-electron chi connectivity index (χ3n) is 3.20. The summed E-state index contributed by atoms with van der Waals surface area (Å²) in [6, 6.07) is 18.6. The van der Waals surface area contributed by atoms with Gasteiger partial charge in [-0.3, -0.25) is 4.79 Å². The van der Waals surface area contributed by atoms with Gasteiger partial charge in [0.1, 0.15) is 0 Å². The Bertz CT molecular complexity index is 833. The van der Waals surface area contributed by atoms with Gasteiger partial charge in [-0.2, -0.15) is 0 Å². The normalized spacial score (nSPS) is 10.1. The number of halogens is 3. The fourth-order valence-electron chi connectivity index (χ4n) is 1.98. The summed E-state index contributed by atoms with van der Waals surface area (Å²) in [7, 11) is 0. The van der Waals surface area contributed by atoms with Gasteiger partial charge in [0.15, 0.2) is 0 Å². The Hall–Kier alpha value is -1.58. The molecule has 3 rings (SSSR count). The molecule has 3 aromatic rings. The van der Waals surface area contributed by atoms with Crippen LogP contribution in [0.5, 0.6) is 0 Å². The fraction of sp³-hybridized carbons (Fsp3) is 0.0556. The van der Waals surface area contributed by atoms with E-state index in [1.54, 1.807) is 24.3 Å². The lowest BCUT2D eigenvalue weighted by atomic mass is 10.1. The van der Waals surface area contributed by atoms with Crippen LogP contribution in [-0.2, 0) is 6.54 Å². The SMILES string of the molecule is NCc1ccc(Cl)c(Cl)c1.O=C(Cl)c1ccc2ccccc2c1. The number of hydrogen-bond donors (Lipinski definition) is 1. The highest BCUT2D eigenvalue weighted by Gasteiger charge is 2.01. The van der Waals surface area contributed by atoms with Crippen LogP contribution in [0.1, 0.15) is 15.9 Å². The molecule has 0 heterocycles. The van der Waals surface area contributed by atoms with Crippen molar-refractivity contribution in [3.63, 3.8) is 0 Å². The van der Waals surface area contributed by atoms with Gasteiger partial charge >= 0.3 is 0 Å². The standard InChI is InChI=1S/C11H7ClO.C7H7Cl2N/c12-11(13)10-6-5-8-3-1-2-4-9(8)7-10;8-6-2-1-5(4-10)3-7(6)9/h1-7H;1-3H,4,10H2. The first-order valence-electron chi connectivity index (χ1n) is 6.84. The van der Waals surface area contributed by atoms with Crippen molar-refractivity contribution >= 4 is 50.8 Å². The summed E-state index contributed by atoms with van der Waals surface area (Å²) in [5, 5.41) is 2.87. The van der Waals surface area contributed by atoms with Gasteiger partial charge in [0.25, 0.3) is 5.24 Å². The monoisotopic (exact) mass is 365 g/mol. The first kappa shape index (κ1) is 17.8. The maximum atomic E-state index is 10.9. The summed E-state index contributed by atoms with van der Waals surface area (Å²) in [6.07, 6.45) is 0. The summed E-state index contributed by atoms with van der Waals surface area (Å²) >= 11 is 16.7. The molecule has 0 aliphatic rings. The summed E-state index contributed by atoms with van der Waals surface area (Å²) < 4.78 is 0. The Kier molecular flexibility index (Phi) is 6.43. The van der Waals surface area contributed by atoms with Crippen LogP contribution >= 0.6 is 34.8 Å². The average Bonchev–Trinajstić information content (AvgIpc) is 2.57. The summed E-state index contributed by atoms with van der Waals surface area (Å²) in [5.74, 6) is 0. The highest BCUT2D eigenvalue weighted by atomic mass is 35.5. The zero-order valence-electron chi connectivity index (χ0n) is 12.1. The lowest BCUT2D eigenvalue weighted by Crippen LogP contribution is -1.95. The van der Waals surface area contributed by atoms with E-state index in [0.717, 1.165) is 16.3 Å². The topological polar surface area (TPSA) is 43.1 Å². The minimum Gasteiger partial charge on any atom is -0.326 e. The van der Waals surface area contributed by atoms with Crippen molar-refractivity contribution in [3.05, 3.63) is 81.8 Å². The number of fused-ring (bicyclic) bond motifs is 1. The molecule has 2 N–H and O–H groups in total. The predicted molar refractivity (Wildman–Crippen MR) is 98.5 cm³/mol. The van der Waals surface area contributed by atoms with Crippen molar-refractivity contribution in [1.82, 2.24) is 0 Å². The molecule has 2 nitrogen and oxygen atoms in total. The Morgan fingerprint density at radius 1 is 0.870 bits per heavy atom. The highest BCUT2D eigenvalue weighted by molar-refractivity contribution is 6.67. The summed E-state index contributed by atoms with van der Waals surface area (Å²) in [4.78, 5) is 10.9. The van der Waals surface area contributed by atoms with E-state index in [1.807, 2.05) is 36.4 Å². The van der Waals surface area contributed by atoms with E-state index in [0.29, 0.717) is 22.2 Å². The molecule has 0 unspecified atom stereocenters. The van der Waals surface area contributed by atoms with Crippen molar-refractivity contribution < 1.29 is 4.79 Å². The van der Waals surface area contributed by atoms with E-state index >= 15 is 0 Å². The Morgan fingerprint density at radius 3 is 2.17 bits per heavy atom. The zero-order chi connectivity index (χ0) is 16.8. The molecule has 23 heavy (non-hydrogen) atoms. The lowest BCUT2D eigenvalue weighted by molar-refractivity contribution is 0.108. The number of hydrogen-bond acceptors (Lipinski definition) is 2. The molecule has 0 saturated carbocycles. The smallest absolute Gasteiger partial charge is 0.252 e. The maximum Gasteiger partial charge on any atom is 0.252 e. The van der Waals surface area contributed by atoms with Crippen LogP contribution in [0.2, 0.25) is 10.0 Å². The van der Waals surface area contributed by atoms with Crippen molar-refractivity contribution in [2.45, 2.75) is 6.54 Å². The number of nitrogens with two attached hydrogens (primary N) is 1. The van der Waals surface area contributed by atoms with E-state index in [2.05, 4.69) is 0 Å². The van der Waals surface area contributed by atoms with Gasteiger partial charge in [-0.25, -0.2) is 0 Å². The fourth-order valence-corrected chi connectivity index (χ4v) is 2.42. The van der Waals surface area contributed by atoms with Gasteiger partial charge in [0, 0.05) is 12.1 Å². The van der Waals surface area contributed by atoms with Gasteiger partial charge in [-0.05, 0) is 52.2 Å². The molecule has 0 atom stereocenters. The van der Waals surface area contributed by atoms with Crippen molar-refractivity contribution in [2.75, 3.05) is 0 Å². The minimum atomic E-state index is -0.411. The average molecular weight is 367 g/mol. The Labute approximate surface area is 149 Å². The second-order valence-electron chi connectivity index (χ2n) is 4.79. The van der Waals surface area contributed by atoms with E-state index in [-0.39, 0.29) is 0 Å². The molecule has 0 aromatic heterocycles. The molecule has 0 amide bonds. The quantitative estimate of drug-likeness (QED) is 0.594. The van der Waals surface area contributed by atoms with Crippen LogP contribution in [0.4, 0.5) is 0 Å². The van der Waals surface area contributed by atoms with E-state index in [4.69, 9.17) is 40.5 Å². The number of carbonyl (C=O) groups is 1. The second kappa shape index (κ2) is 8.32. The predicted octanol–water partition coefficient (Wildman–Crippen LogP) is 5.67. The molecule has 0 bridgehead atoms. The lowest BCUT2D eigenvalue weighted by Gasteiger charge is -1.98. The molecule has 118 valence electrons. The highest BCUT2D eigenvalue weighted by Crippen LogP contribution is 2.22. The van der Waals surface area contributed by atoms with Gasteiger partial charge in [-0.15, -0.1) is 0 Å². The molecule has 0 spiro atoms. The molecule has 0 aliphatic heterocycles. The van der Waals surface area contributed by atoms with Crippen LogP contribution in [0.25, 0.3) is 10.8 Å². The molecule has 0 fully saturated rings. The van der Waals surface area contributed by atoms with Crippen LogP contribution in [-0.4, -0.2) is 5.24 Å². The molecule has 5 heteroatoms. The number of benzene rings is 3. The van der Waals surface area contributed by atoms with Crippen molar-refractivity contribution in [1.29, 1.82) is 0 Å². The number of rotatable bonds is 2. The molecule has 3 aromatic carbocycles. The molecule has 0 saturated heterocycles. The van der Waals surface area contributed by atoms with Gasteiger partial charge < -0.3 is 5.73 Å². The number of carbonyl (C=O) groups excluding carboxylic acids is 1. The van der Waals surface area contributed by atoms with E-state index in [9.17, 15) is 4.79 Å². The molecular formula is C18H14Cl3NO. The van der Waals surface area contributed by atoms with Crippen LogP contribution < -0.4 is 5.73 Å². The zero-order valence-corrected chi connectivity index (χ0v) is 14.4. The molecular weight excluding hydrogens is 353 g/mol. The Morgan fingerprint density at radius 2 is 1.57 bits per heavy atom. The first-order chi connectivity index (χ1) is 11.0. The van der Waals surface area contributed by atoms with Crippen LogP contribution in [0, 0.1) is 0 Å². The van der Waals surface area contributed by atoms with Gasteiger partial charge in [0.05, 0.1) is 10.0 Å². The second-order valence-corrected chi connectivity index (χ2v) is 5.95. The third-order valence-corrected chi connectivity index (χ3v) is 4.15. The summed E-state index contributed by atoms with van der Waals surface area (Å²) in [6.45, 7) is 0.497. The van der Waals surface area contributed by atoms with E-state index < -0.39 is 5.24 Å². The van der Waals surface area contributed by atoms with E-state index in [1.165, 1.54) is 0 Å². The largest absolute Gasteiger partial charge is 0.326 e. The Balaban J connectivity index is 0.000000174. The van der Waals surface area contributed by atoms with Gasteiger partial charge in [0.2, 0.25) is 0 Å². The molecule has 0 radical (unpaired) electrons. The van der Waals surface area contributed by atoms with Crippen LogP contribution in [0.15, 0.2) is 60.7 Å². The first-order valence-corrected chi connectivity index (χ1v) is 7.97. The van der Waals surface area contributed by atoms with Crippen molar-refractivity contribution in [2.24, 2.45) is 5.73 Å². The van der Waals surface area contributed by atoms with Gasteiger partial charge in [-0.1, -0.05) is 59.6 Å². The summed E-state index contributed by atoms with van der Waals surface area (Å²) in [5.41, 5.74) is 6.90. The minimum absolute atomic E-state index is 0.411. The van der Waals surface area contributed by atoms with Crippen LogP contribution in [0.3, 0.4) is 0 Å². The third kappa shape index (κ3) is 4.95. The molecule has 0 aliphatic carbocycles.